The predicted octanol–water partition coefficient (Wildman–Crippen LogP) is 0.538. The van der Waals surface area contributed by atoms with Gasteiger partial charge >= 0.3 is 5.97 Å². The van der Waals surface area contributed by atoms with Gasteiger partial charge in [-0.15, -0.1) is 0 Å². The standard InChI is InChI=1S/C11H15NO6S/c1-17-6-7-19(15,16)12-9-2-4-10(5-3-9)18-8-11(13)14/h2-5,12H,6-8H2,1H3,(H,13,14). The van der Waals surface area contributed by atoms with Crippen LogP contribution in [0, 0.1) is 0 Å². The minimum atomic E-state index is -3.45. The van der Waals surface area contributed by atoms with Gasteiger partial charge in [-0.3, -0.25) is 4.72 Å². The zero-order chi connectivity index (χ0) is 14.3. The number of rotatable bonds is 8. The first-order valence-electron chi connectivity index (χ1n) is 5.37. The molecule has 7 nitrogen and oxygen atoms in total. The van der Waals surface area contributed by atoms with Gasteiger partial charge in [-0.05, 0) is 24.3 Å². The molecule has 1 aromatic rings. The molecular formula is C11H15NO6S. The van der Waals surface area contributed by atoms with E-state index in [1.54, 1.807) is 0 Å². The summed E-state index contributed by atoms with van der Waals surface area (Å²) in [6.07, 6.45) is 0. The van der Waals surface area contributed by atoms with E-state index in [1.165, 1.54) is 31.4 Å². The van der Waals surface area contributed by atoms with Crippen LogP contribution in [-0.4, -0.2) is 45.6 Å². The lowest BCUT2D eigenvalue weighted by atomic mass is 10.3. The van der Waals surface area contributed by atoms with Crippen LogP contribution in [0.3, 0.4) is 0 Å². The van der Waals surface area contributed by atoms with Crippen molar-refractivity contribution in [2.75, 3.05) is 30.8 Å². The van der Waals surface area contributed by atoms with Crippen molar-refractivity contribution in [3.05, 3.63) is 24.3 Å². The normalized spacial score (nSPS) is 11.0. The number of anilines is 1. The number of hydrogen-bond acceptors (Lipinski definition) is 5. The average Bonchev–Trinajstić information content (AvgIpc) is 2.35. The van der Waals surface area contributed by atoms with Crippen molar-refractivity contribution < 1.29 is 27.8 Å². The molecule has 0 bridgehead atoms. The fourth-order valence-electron chi connectivity index (χ4n) is 1.19. The molecule has 106 valence electrons. The molecule has 0 saturated heterocycles. The molecule has 0 saturated carbocycles. The number of ether oxygens (including phenoxy) is 2. The van der Waals surface area contributed by atoms with Gasteiger partial charge in [0.15, 0.2) is 6.61 Å². The van der Waals surface area contributed by atoms with Crippen molar-refractivity contribution in [2.24, 2.45) is 0 Å². The molecule has 0 spiro atoms. The number of carboxylic acids is 1. The Bertz CT molecular complexity index is 510. The molecule has 1 aromatic carbocycles. The van der Waals surface area contributed by atoms with E-state index < -0.39 is 22.6 Å². The van der Waals surface area contributed by atoms with Gasteiger partial charge in [0.05, 0.1) is 12.4 Å². The molecule has 2 N–H and O–H groups in total. The number of methoxy groups -OCH3 is 1. The van der Waals surface area contributed by atoms with Crippen LogP contribution in [0.2, 0.25) is 0 Å². The van der Waals surface area contributed by atoms with Crippen LogP contribution in [0.15, 0.2) is 24.3 Å². The van der Waals surface area contributed by atoms with Crippen molar-refractivity contribution in [1.29, 1.82) is 0 Å². The van der Waals surface area contributed by atoms with Crippen LogP contribution in [0.25, 0.3) is 0 Å². The molecule has 0 aliphatic heterocycles. The van der Waals surface area contributed by atoms with Crippen LogP contribution in [0.5, 0.6) is 5.75 Å². The van der Waals surface area contributed by atoms with Crippen LogP contribution in [0.4, 0.5) is 5.69 Å². The van der Waals surface area contributed by atoms with Gasteiger partial charge in [0.25, 0.3) is 0 Å². The lowest BCUT2D eigenvalue weighted by Gasteiger charge is -2.08. The first kappa shape index (κ1) is 15.3. The summed E-state index contributed by atoms with van der Waals surface area (Å²) >= 11 is 0. The fraction of sp³-hybridized carbons (Fsp3) is 0.364. The highest BCUT2D eigenvalue weighted by Crippen LogP contribution is 2.16. The van der Waals surface area contributed by atoms with E-state index in [4.69, 9.17) is 14.6 Å². The Labute approximate surface area is 111 Å². The summed E-state index contributed by atoms with van der Waals surface area (Å²) in [5.74, 6) is -0.868. The van der Waals surface area contributed by atoms with Crippen LogP contribution in [-0.2, 0) is 19.6 Å². The third-order valence-electron chi connectivity index (χ3n) is 2.05. The Balaban J connectivity index is 2.59. The molecule has 0 unspecified atom stereocenters. The monoisotopic (exact) mass is 289 g/mol. The Hall–Kier alpha value is -1.80. The lowest BCUT2D eigenvalue weighted by Crippen LogP contribution is -2.19. The third kappa shape index (κ3) is 6.07. The first-order valence-corrected chi connectivity index (χ1v) is 7.02. The maximum Gasteiger partial charge on any atom is 0.341 e. The average molecular weight is 289 g/mol. The quantitative estimate of drug-likeness (QED) is 0.724. The summed E-state index contributed by atoms with van der Waals surface area (Å²) in [4.78, 5) is 10.3. The van der Waals surface area contributed by atoms with Crippen molar-refractivity contribution >= 4 is 21.7 Å². The van der Waals surface area contributed by atoms with Crippen LogP contribution >= 0.6 is 0 Å². The molecule has 19 heavy (non-hydrogen) atoms. The van der Waals surface area contributed by atoms with Crippen molar-refractivity contribution in [3.63, 3.8) is 0 Å². The zero-order valence-corrected chi connectivity index (χ0v) is 11.1. The second-order valence-electron chi connectivity index (χ2n) is 3.62. The molecule has 0 atom stereocenters. The van der Waals surface area contributed by atoms with E-state index in [2.05, 4.69) is 4.72 Å². The number of nitrogens with one attached hydrogen (secondary N) is 1. The molecule has 0 fully saturated rings. The zero-order valence-electron chi connectivity index (χ0n) is 10.3. The predicted molar refractivity (Wildman–Crippen MR) is 68.9 cm³/mol. The molecule has 0 aliphatic rings. The van der Waals surface area contributed by atoms with Crippen molar-refractivity contribution in [2.45, 2.75) is 0 Å². The Morgan fingerprint density at radius 3 is 2.47 bits per heavy atom. The fourth-order valence-corrected chi connectivity index (χ4v) is 2.17. The third-order valence-corrected chi connectivity index (χ3v) is 3.30. The van der Waals surface area contributed by atoms with E-state index in [0.29, 0.717) is 11.4 Å². The summed E-state index contributed by atoms with van der Waals surface area (Å²) in [6, 6.07) is 5.94. The number of aliphatic carboxylic acids is 1. The first-order chi connectivity index (χ1) is 8.93. The number of sulfonamides is 1. The van der Waals surface area contributed by atoms with Gasteiger partial charge in [0, 0.05) is 12.8 Å². The highest BCUT2D eigenvalue weighted by atomic mass is 32.2. The summed E-state index contributed by atoms with van der Waals surface area (Å²) in [5.41, 5.74) is 0.374. The molecular weight excluding hydrogens is 274 g/mol. The highest BCUT2D eigenvalue weighted by molar-refractivity contribution is 7.92. The van der Waals surface area contributed by atoms with Crippen molar-refractivity contribution in [1.82, 2.24) is 0 Å². The lowest BCUT2D eigenvalue weighted by molar-refractivity contribution is -0.139. The maximum atomic E-state index is 11.6. The summed E-state index contributed by atoms with van der Waals surface area (Å²) in [5, 5.41) is 8.44. The maximum absolute atomic E-state index is 11.6. The van der Waals surface area contributed by atoms with Crippen LogP contribution in [0.1, 0.15) is 0 Å². The molecule has 0 radical (unpaired) electrons. The number of carboxylic acid groups (broad SMARTS) is 1. The topological polar surface area (TPSA) is 102 Å². The molecule has 0 amide bonds. The molecule has 0 aliphatic carbocycles. The molecule has 0 heterocycles. The second-order valence-corrected chi connectivity index (χ2v) is 5.46. The van der Waals surface area contributed by atoms with E-state index in [0.717, 1.165) is 0 Å². The minimum Gasteiger partial charge on any atom is -0.482 e. The van der Waals surface area contributed by atoms with Crippen LogP contribution < -0.4 is 9.46 Å². The van der Waals surface area contributed by atoms with Crippen molar-refractivity contribution in [3.8, 4) is 5.75 Å². The smallest absolute Gasteiger partial charge is 0.341 e. The molecule has 8 heteroatoms. The number of benzene rings is 1. The van der Waals surface area contributed by atoms with Gasteiger partial charge in [-0.1, -0.05) is 0 Å². The SMILES string of the molecule is COCCS(=O)(=O)Nc1ccc(OCC(=O)O)cc1. The summed E-state index contributed by atoms with van der Waals surface area (Å²) in [6.45, 7) is -0.339. The van der Waals surface area contributed by atoms with Gasteiger partial charge < -0.3 is 14.6 Å². The minimum absolute atomic E-state index is 0.106. The van der Waals surface area contributed by atoms with E-state index in [9.17, 15) is 13.2 Å². The van der Waals surface area contributed by atoms with Gasteiger partial charge in [-0.2, -0.15) is 0 Å². The molecule has 0 aromatic heterocycles. The Kier molecular flexibility index (Phi) is 5.58. The van der Waals surface area contributed by atoms with E-state index in [-0.39, 0.29) is 12.4 Å². The van der Waals surface area contributed by atoms with E-state index >= 15 is 0 Å². The van der Waals surface area contributed by atoms with Gasteiger partial charge in [0.1, 0.15) is 5.75 Å². The van der Waals surface area contributed by atoms with Gasteiger partial charge in [0.2, 0.25) is 10.0 Å². The summed E-state index contributed by atoms with van der Waals surface area (Å²) in [7, 11) is -2.02. The Morgan fingerprint density at radius 1 is 1.32 bits per heavy atom. The summed E-state index contributed by atoms with van der Waals surface area (Å²) < 4.78 is 35.1. The van der Waals surface area contributed by atoms with E-state index in [1.807, 2.05) is 0 Å². The Morgan fingerprint density at radius 2 is 1.95 bits per heavy atom. The molecule has 1 rings (SSSR count). The van der Waals surface area contributed by atoms with Gasteiger partial charge in [-0.25, -0.2) is 13.2 Å². The number of carbonyl (C=O) groups is 1. The number of hydrogen-bond donors (Lipinski definition) is 2. The highest BCUT2D eigenvalue weighted by Gasteiger charge is 2.09. The largest absolute Gasteiger partial charge is 0.482 e. The second kappa shape index (κ2) is 6.95.